The van der Waals surface area contributed by atoms with E-state index in [0.717, 1.165) is 0 Å². The normalized spacial score (nSPS) is 14.3. The summed E-state index contributed by atoms with van der Waals surface area (Å²) in [4.78, 5) is 1.56. The number of hydrogen-bond acceptors (Lipinski definition) is 2. The van der Waals surface area contributed by atoms with Gasteiger partial charge in [-0.05, 0) is 50.8 Å². The number of thiophene rings is 1. The largest absolute Gasteiger partial charge is 0.326 e. The second kappa shape index (κ2) is 4.00. The van der Waals surface area contributed by atoms with Gasteiger partial charge in [-0.15, -0.1) is 11.3 Å². The first-order chi connectivity index (χ1) is 8.22. The van der Waals surface area contributed by atoms with Gasteiger partial charge in [0.1, 0.15) is 5.00 Å². The van der Waals surface area contributed by atoms with Gasteiger partial charge < -0.3 is 10.3 Å². The highest BCUT2D eigenvalue weighted by Gasteiger charge is 2.22. The van der Waals surface area contributed by atoms with Crippen molar-refractivity contribution < 1.29 is 0 Å². The molecule has 2 nitrogen and oxygen atoms in total. The molecule has 0 saturated carbocycles. The van der Waals surface area contributed by atoms with E-state index in [2.05, 4.69) is 30.5 Å². The molecule has 0 spiro atoms. The van der Waals surface area contributed by atoms with E-state index in [1.807, 2.05) is 11.3 Å². The summed E-state index contributed by atoms with van der Waals surface area (Å²) in [5, 5.41) is 1.36. The van der Waals surface area contributed by atoms with E-state index in [-0.39, 0.29) is 0 Å². The maximum atomic E-state index is 5.97. The predicted octanol–water partition coefficient (Wildman–Crippen LogP) is 3.10. The van der Waals surface area contributed by atoms with Gasteiger partial charge in [-0.25, -0.2) is 0 Å². The Morgan fingerprint density at radius 3 is 2.59 bits per heavy atom. The summed E-state index contributed by atoms with van der Waals surface area (Å²) in [6.07, 6.45) is 3.77. The average Bonchev–Trinajstić information content (AvgIpc) is 2.93. The molecule has 0 aromatic carbocycles. The quantitative estimate of drug-likeness (QED) is 0.867. The zero-order valence-corrected chi connectivity index (χ0v) is 11.2. The summed E-state index contributed by atoms with van der Waals surface area (Å²) in [5.41, 5.74) is 11.5. The molecule has 0 unspecified atom stereocenters. The SMILES string of the molecule is Cc1ccc(C)n1-c1sc2c(c1CN)CCC2. The third kappa shape index (κ3) is 1.57. The van der Waals surface area contributed by atoms with Crippen LogP contribution in [0.15, 0.2) is 12.1 Å². The number of aromatic nitrogens is 1. The number of rotatable bonds is 2. The van der Waals surface area contributed by atoms with Crippen LogP contribution in [0, 0.1) is 13.8 Å². The Morgan fingerprint density at radius 2 is 1.94 bits per heavy atom. The molecule has 0 radical (unpaired) electrons. The van der Waals surface area contributed by atoms with E-state index in [1.165, 1.54) is 41.2 Å². The zero-order chi connectivity index (χ0) is 12.0. The van der Waals surface area contributed by atoms with Crippen LogP contribution >= 0.6 is 11.3 Å². The molecule has 1 aliphatic rings. The van der Waals surface area contributed by atoms with Gasteiger partial charge in [0.25, 0.3) is 0 Å². The molecule has 0 aliphatic heterocycles. The molecule has 0 atom stereocenters. The van der Waals surface area contributed by atoms with Crippen molar-refractivity contribution in [2.24, 2.45) is 5.73 Å². The summed E-state index contributed by atoms with van der Waals surface area (Å²) in [6.45, 7) is 4.99. The standard InChI is InChI=1S/C14H18N2S/c1-9-6-7-10(2)16(9)14-12(8-15)11-4-3-5-13(11)17-14/h6-7H,3-5,8,15H2,1-2H3. The topological polar surface area (TPSA) is 30.9 Å². The third-order valence-corrected chi connectivity index (χ3v) is 5.01. The number of aryl methyl sites for hydroxylation is 3. The van der Waals surface area contributed by atoms with Crippen molar-refractivity contribution in [1.82, 2.24) is 4.57 Å². The van der Waals surface area contributed by atoms with Gasteiger partial charge in [0.2, 0.25) is 0 Å². The minimum Gasteiger partial charge on any atom is -0.326 e. The summed E-state index contributed by atoms with van der Waals surface area (Å²) >= 11 is 1.94. The lowest BCUT2D eigenvalue weighted by atomic mass is 10.1. The van der Waals surface area contributed by atoms with Crippen molar-refractivity contribution in [1.29, 1.82) is 0 Å². The van der Waals surface area contributed by atoms with Crippen LogP contribution in [0.5, 0.6) is 0 Å². The first-order valence-electron chi connectivity index (χ1n) is 6.21. The van der Waals surface area contributed by atoms with Gasteiger partial charge >= 0.3 is 0 Å². The highest BCUT2D eigenvalue weighted by molar-refractivity contribution is 7.15. The zero-order valence-electron chi connectivity index (χ0n) is 10.4. The van der Waals surface area contributed by atoms with E-state index in [9.17, 15) is 0 Å². The molecular formula is C14H18N2S. The fraction of sp³-hybridized carbons (Fsp3) is 0.429. The summed E-state index contributed by atoms with van der Waals surface area (Å²) in [7, 11) is 0. The molecule has 0 amide bonds. The van der Waals surface area contributed by atoms with Crippen molar-refractivity contribution in [3.63, 3.8) is 0 Å². The Balaban J connectivity index is 2.22. The van der Waals surface area contributed by atoms with Crippen molar-refractivity contribution in [2.45, 2.75) is 39.7 Å². The highest BCUT2D eigenvalue weighted by Crippen LogP contribution is 2.38. The van der Waals surface area contributed by atoms with E-state index in [1.54, 1.807) is 10.4 Å². The molecule has 17 heavy (non-hydrogen) atoms. The molecular weight excluding hydrogens is 228 g/mol. The Labute approximate surface area is 106 Å². The van der Waals surface area contributed by atoms with Crippen LogP contribution in [0.3, 0.4) is 0 Å². The smallest absolute Gasteiger partial charge is 0.104 e. The Hall–Kier alpha value is -1.06. The van der Waals surface area contributed by atoms with Gasteiger partial charge in [0.15, 0.2) is 0 Å². The maximum absolute atomic E-state index is 5.97. The molecule has 3 rings (SSSR count). The summed E-state index contributed by atoms with van der Waals surface area (Å²) < 4.78 is 2.35. The van der Waals surface area contributed by atoms with Crippen LogP contribution in [0.1, 0.15) is 33.8 Å². The highest BCUT2D eigenvalue weighted by atomic mass is 32.1. The van der Waals surface area contributed by atoms with Crippen molar-refractivity contribution in [3.05, 3.63) is 39.5 Å². The van der Waals surface area contributed by atoms with Crippen molar-refractivity contribution in [2.75, 3.05) is 0 Å². The van der Waals surface area contributed by atoms with Gasteiger partial charge in [-0.2, -0.15) is 0 Å². The third-order valence-electron chi connectivity index (χ3n) is 3.69. The van der Waals surface area contributed by atoms with Crippen LogP contribution in [-0.2, 0) is 19.4 Å². The molecule has 3 heteroatoms. The number of nitrogens with two attached hydrogens (primary N) is 1. The number of nitrogens with zero attached hydrogens (tertiary/aromatic N) is 1. The van der Waals surface area contributed by atoms with E-state index in [4.69, 9.17) is 5.73 Å². The van der Waals surface area contributed by atoms with Crippen molar-refractivity contribution >= 4 is 11.3 Å². The van der Waals surface area contributed by atoms with Gasteiger partial charge in [-0.3, -0.25) is 0 Å². The number of fused-ring (bicyclic) bond motifs is 1. The monoisotopic (exact) mass is 246 g/mol. The molecule has 2 heterocycles. The molecule has 0 saturated heterocycles. The lowest BCUT2D eigenvalue weighted by Gasteiger charge is -2.10. The fourth-order valence-electron chi connectivity index (χ4n) is 2.84. The van der Waals surface area contributed by atoms with E-state index in [0.29, 0.717) is 6.54 Å². The van der Waals surface area contributed by atoms with Crippen molar-refractivity contribution in [3.8, 4) is 5.00 Å². The lowest BCUT2D eigenvalue weighted by Crippen LogP contribution is -2.05. The Morgan fingerprint density at radius 1 is 1.24 bits per heavy atom. The van der Waals surface area contributed by atoms with Crippen LogP contribution in [0.2, 0.25) is 0 Å². The predicted molar refractivity (Wildman–Crippen MR) is 73.0 cm³/mol. The number of hydrogen-bond donors (Lipinski definition) is 1. The molecule has 0 bridgehead atoms. The lowest BCUT2D eigenvalue weighted by molar-refractivity contribution is 0.891. The van der Waals surface area contributed by atoms with Crippen LogP contribution in [0.25, 0.3) is 5.00 Å². The van der Waals surface area contributed by atoms with Gasteiger partial charge in [-0.1, -0.05) is 0 Å². The van der Waals surface area contributed by atoms with Gasteiger partial charge in [0, 0.05) is 28.4 Å². The van der Waals surface area contributed by atoms with Gasteiger partial charge in [0.05, 0.1) is 0 Å². The average molecular weight is 246 g/mol. The first kappa shape index (κ1) is 11.1. The minimum atomic E-state index is 0.665. The molecule has 2 aromatic rings. The Kier molecular flexibility index (Phi) is 2.60. The van der Waals surface area contributed by atoms with Crippen LogP contribution in [-0.4, -0.2) is 4.57 Å². The Bertz CT molecular complexity index is 544. The van der Waals surface area contributed by atoms with Crippen LogP contribution in [0.4, 0.5) is 0 Å². The second-order valence-corrected chi connectivity index (χ2v) is 5.88. The summed E-state index contributed by atoms with van der Waals surface area (Å²) in [5.74, 6) is 0. The molecule has 90 valence electrons. The van der Waals surface area contributed by atoms with Crippen LogP contribution < -0.4 is 5.73 Å². The second-order valence-electron chi connectivity index (χ2n) is 4.80. The first-order valence-corrected chi connectivity index (χ1v) is 7.03. The van der Waals surface area contributed by atoms with E-state index >= 15 is 0 Å². The minimum absolute atomic E-state index is 0.665. The molecule has 0 fully saturated rings. The molecule has 2 N–H and O–H groups in total. The fourth-order valence-corrected chi connectivity index (χ4v) is 4.37. The molecule has 1 aliphatic carbocycles. The maximum Gasteiger partial charge on any atom is 0.104 e. The summed E-state index contributed by atoms with van der Waals surface area (Å²) in [6, 6.07) is 4.36. The molecule has 2 aromatic heterocycles. The van der Waals surface area contributed by atoms with E-state index < -0.39 is 0 Å².